The molecule has 264 valence electrons. The van der Waals surface area contributed by atoms with Crippen LogP contribution in [0.1, 0.15) is 123 Å². The summed E-state index contributed by atoms with van der Waals surface area (Å²) < 4.78 is 11.2. The summed E-state index contributed by atoms with van der Waals surface area (Å²) in [5.74, 6) is 0.0103. The average molecular weight is 710 g/mol. The van der Waals surface area contributed by atoms with Crippen molar-refractivity contribution in [3.05, 3.63) is 119 Å². The minimum atomic E-state index is -0.288. The SMILES string of the molecule is CCCCCCCCOc1ccc(C(=O)c2ccccc2)c([O-])c1.CCCCCCCCOc1ccc(C(=O)c2ccccc2)c([O-])c1.[Ni+2]. The van der Waals surface area contributed by atoms with Crippen LogP contribution >= 0.6 is 0 Å². The van der Waals surface area contributed by atoms with E-state index in [1.165, 1.54) is 63.5 Å². The van der Waals surface area contributed by atoms with Gasteiger partial charge in [-0.2, -0.15) is 0 Å². The van der Waals surface area contributed by atoms with E-state index in [4.69, 9.17) is 9.47 Å². The molecule has 0 aliphatic carbocycles. The second-order valence-electron chi connectivity index (χ2n) is 11.9. The van der Waals surface area contributed by atoms with E-state index in [1.54, 1.807) is 72.8 Å². The van der Waals surface area contributed by atoms with Gasteiger partial charge in [-0.1, -0.05) is 150 Å². The van der Waals surface area contributed by atoms with E-state index in [2.05, 4.69) is 13.8 Å². The maximum absolute atomic E-state index is 12.3. The smallest absolute Gasteiger partial charge is 0.872 e. The van der Waals surface area contributed by atoms with Gasteiger partial charge in [0.05, 0.1) is 13.2 Å². The molecule has 0 saturated heterocycles. The van der Waals surface area contributed by atoms with Crippen LogP contribution in [0, 0.1) is 0 Å². The summed E-state index contributed by atoms with van der Waals surface area (Å²) in [5, 5.41) is 24.3. The summed E-state index contributed by atoms with van der Waals surface area (Å²) >= 11 is 0. The zero-order valence-corrected chi connectivity index (χ0v) is 29.9. The summed E-state index contributed by atoms with van der Waals surface area (Å²) in [6.45, 7) is 5.63. The van der Waals surface area contributed by atoms with E-state index < -0.39 is 0 Å². The van der Waals surface area contributed by atoms with Crippen LogP contribution in [0.25, 0.3) is 0 Å². The van der Waals surface area contributed by atoms with Crippen molar-refractivity contribution < 1.29 is 45.8 Å². The zero-order chi connectivity index (χ0) is 34.4. The van der Waals surface area contributed by atoms with Crippen molar-refractivity contribution in [2.24, 2.45) is 0 Å². The number of carbonyl (C=O) groups is 2. The Bertz CT molecular complexity index is 1390. The quantitative estimate of drug-likeness (QED) is 0.0515. The van der Waals surface area contributed by atoms with Gasteiger partial charge in [-0.05, 0) is 49.2 Å². The topological polar surface area (TPSA) is 98.7 Å². The van der Waals surface area contributed by atoms with E-state index in [9.17, 15) is 19.8 Å². The molecule has 0 fully saturated rings. The van der Waals surface area contributed by atoms with Crippen LogP contribution in [0.15, 0.2) is 97.1 Å². The van der Waals surface area contributed by atoms with E-state index >= 15 is 0 Å². The molecule has 0 atom stereocenters. The first-order chi connectivity index (χ1) is 23.4. The fraction of sp³-hybridized carbons (Fsp3) is 0.381. The molecule has 4 rings (SSSR count). The molecule has 0 spiro atoms. The standard InChI is InChI=1S/2C21H26O3.Ni/c2*1-2-3-4-5-6-10-15-24-18-13-14-19(20(22)16-18)21(23)17-11-8-7-9-12-17;/h2*7-9,11-14,16,22H,2-6,10,15H2,1H3;/q;;+2/p-2. The molecular formula is C42H50NiO6. The summed E-state index contributed by atoms with van der Waals surface area (Å²) in [7, 11) is 0. The van der Waals surface area contributed by atoms with Crippen LogP contribution in [-0.4, -0.2) is 24.8 Å². The van der Waals surface area contributed by atoms with E-state index in [0.717, 1.165) is 25.7 Å². The van der Waals surface area contributed by atoms with Crippen LogP contribution in [0.4, 0.5) is 0 Å². The number of ketones is 2. The third-order valence-electron chi connectivity index (χ3n) is 8.00. The first-order valence-electron chi connectivity index (χ1n) is 17.5. The van der Waals surface area contributed by atoms with Crippen LogP contribution in [0.2, 0.25) is 0 Å². The van der Waals surface area contributed by atoms with Gasteiger partial charge >= 0.3 is 16.5 Å². The predicted molar refractivity (Wildman–Crippen MR) is 189 cm³/mol. The van der Waals surface area contributed by atoms with E-state index in [1.807, 2.05) is 12.1 Å². The molecule has 0 radical (unpaired) electrons. The molecule has 0 amide bonds. The first-order valence-corrected chi connectivity index (χ1v) is 17.5. The first kappa shape index (κ1) is 41.1. The summed E-state index contributed by atoms with van der Waals surface area (Å²) in [4.78, 5) is 24.6. The van der Waals surface area contributed by atoms with Gasteiger partial charge in [-0.15, -0.1) is 0 Å². The number of rotatable bonds is 20. The molecule has 0 heterocycles. The normalized spacial score (nSPS) is 10.3. The monoisotopic (exact) mass is 708 g/mol. The Kier molecular flexibility index (Phi) is 20.2. The van der Waals surface area contributed by atoms with Crippen molar-refractivity contribution in [2.75, 3.05) is 13.2 Å². The third-order valence-corrected chi connectivity index (χ3v) is 8.00. The van der Waals surface area contributed by atoms with Gasteiger partial charge in [-0.25, -0.2) is 0 Å². The Labute approximate surface area is 302 Å². The maximum atomic E-state index is 12.3. The summed E-state index contributed by atoms with van der Waals surface area (Å²) in [6.07, 6.45) is 14.4. The fourth-order valence-electron chi connectivity index (χ4n) is 5.19. The molecule has 0 saturated carbocycles. The zero-order valence-electron chi connectivity index (χ0n) is 28.9. The molecule has 6 nitrogen and oxygen atoms in total. The molecule has 0 unspecified atom stereocenters. The third kappa shape index (κ3) is 14.9. The Balaban J connectivity index is 0.000000333. The van der Waals surface area contributed by atoms with Gasteiger partial charge < -0.3 is 19.7 Å². The average Bonchev–Trinajstić information content (AvgIpc) is 3.11. The van der Waals surface area contributed by atoms with Gasteiger partial charge in [-0.3, -0.25) is 9.59 Å². The van der Waals surface area contributed by atoms with Crippen molar-refractivity contribution in [1.82, 2.24) is 0 Å². The fourth-order valence-corrected chi connectivity index (χ4v) is 5.19. The molecule has 4 aromatic carbocycles. The summed E-state index contributed by atoms with van der Waals surface area (Å²) in [5.41, 5.74) is 1.42. The van der Waals surface area contributed by atoms with Crippen molar-refractivity contribution in [1.29, 1.82) is 0 Å². The molecular weight excluding hydrogens is 659 g/mol. The second kappa shape index (κ2) is 24.1. The largest absolute Gasteiger partial charge is 2.00 e. The molecule has 0 N–H and O–H groups in total. The van der Waals surface area contributed by atoms with Gasteiger partial charge in [0.2, 0.25) is 0 Å². The minimum Gasteiger partial charge on any atom is -0.872 e. The Morgan fingerprint density at radius 2 is 0.837 bits per heavy atom. The van der Waals surface area contributed by atoms with E-state index in [0.29, 0.717) is 35.8 Å². The van der Waals surface area contributed by atoms with Crippen LogP contribution < -0.4 is 19.7 Å². The molecule has 0 aromatic heterocycles. The number of hydrogen-bond donors (Lipinski definition) is 0. The number of hydrogen-bond acceptors (Lipinski definition) is 6. The van der Waals surface area contributed by atoms with Crippen LogP contribution in [0.5, 0.6) is 23.0 Å². The van der Waals surface area contributed by atoms with Crippen LogP contribution in [-0.2, 0) is 16.5 Å². The van der Waals surface area contributed by atoms with Gasteiger partial charge in [0.1, 0.15) is 11.5 Å². The minimum absolute atomic E-state index is 0. The van der Waals surface area contributed by atoms with E-state index in [-0.39, 0.29) is 50.7 Å². The number of ether oxygens (including phenoxy) is 2. The van der Waals surface area contributed by atoms with Crippen molar-refractivity contribution >= 4 is 11.6 Å². The van der Waals surface area contributed by atoms with Gasteiger partial charge in [0, 0.05) is 22.3 Å². The molecule has 7 heteroatoms. The Hall–Kier alpha value is -4.09. The Morgan fingerprint density at radius 1 is 0.490 bits per heavy atom. The molecule has 0 aliphatic heterocycles. The molecule has 4 aromatic rings. The van der Waals surface area contributed by atoms with Crippen LogP contribution in [0.3, 0.4) is 0 Å². The number of carbonyl (C=O) groups excluding carboxylic acids is 2. The van der Waals surface area contributed by atoms with Crippen molar-refractivity contribution in [3.8, 4) is 23.0 Å². The summed E-state index contributed by atoms with van der Waals surface area (Å²) in [6, 6.07) is 27.0. The van der Waals surface area contributed by atoms with Gasteiger partial charge in [0.25, 0.3) is 0 Å². The van der Waals surface area contributed by atoms with Crippen molar-refractivity contribution in [3.63, 3.8) is 0 Å². The molecule has 0 aliphatic rings. The van der Waals surface area contributed by atoms with Gasteiger partial charge in [0.15, 0.2) is 11.6 Å². The molecule has 49 heavy (non-hydrogen) atoms. The number of unbranched alkanes of at least 4 members (excludes halogenated alkanes) is 10. The molecule has 0 bridgehead atoms. The maximum Gasteiger partial charge on any atom is 2.00 e. The Morgan fingerprint density at radius 3 is 1.18 bits per heavy atom. The predicted octanol–water partition coefficient (Wildman–Crippen LogP) is 9.46. The van der Waals surface area contributed by atoms with Crippen molar-refractivity contribution in [2.45, 2.75) is 90.9 Å². The number of benzene rings is 4. The second-order valence-corrected chi connectivity index (χ2v) is 11.9.